The van der Waals surface area contributed by atoms with Crippen LogP contribution in [-0.4, -0.2) is 6.61 Å². The number of allylic oxidation sites excluding steroid dienone is 2. The van der Waals surface area contributed by atoms with Crippen LogP contribution in [0.2, 0.25) is 0 Å². The van der Waals surface area contributed by atoms with E-state index in [1.54, 1.807) is 0 Å². The van der Waals surface area contributed by atoms with Crippen molar-refractivity contribution in [1.82, 2.24) is 0 Å². The lowest BCUT2D eigenvalue weighted by atomic mass is 10.0. The highest BCUT2D eigenvalue weighted by Gasteiger charge is 1.97. The fraction of sp³-hybridized carbons (Fsp3) is 0.375. The van der Waals surface area contributed by atoms with Gasteiger partial charge in [0.2, 0.25) is 0 Å². The van der Waals surface area contributed by atoms with Gasteiger partial charge in [-0.3, -0.25) is 0 Å². The summed E-state index contributed by atoms with van der Waals surface area (Å²) < 4.78 is 5.49. The van der Waals surface area contributed by atoms with E-state index in [9.17, 15) is 0 Å². The second-order valence-corrected chi connectivity index (χ2v) is 4.38. The van der Waals surface area contributed by atoms with Gasteiger partial charge in [-0.25, -0.2) is 0 Å². The molecular weight excluding hydrogens is 208 g/mol. The number of rotatable bonds is 6. The van der Waals surface area contributed by atoms with Crippen LogP contribution in [0.1, 0.15) is 44.7 Å². The Labute approximate surface area is 105 Å². The highest BCUT2D eigenvalue weighted by atomic mass is 16.5. The predicted octanol–water partition coefficient (Wildman–Crippen LogP) is 4.90. The van der Waals surface area contributed by atoms with Crippen LogP contribution in [-0.2, 0) is 4.74 Å². The van der Waals surface area contributed by atoms with Crippen molar-refractivity contribution in [2.75, 3.05) is 6.61 Å². The minimum atomic E-state index is 0.803. The lowest BCUT2D eigenvalue weighted by molar-refractivity contribution is 0.245. The monoisotopic (exact) mass is 230 g/mol. The van der Waals surface area contributed by atoms with Crippen LogP contribution < -0.4 is 0 Å². The lowest BCUT2D eigenvalue weighted by Gasteiger charge is -2.05. The summed E-state index contributed by atoms with van der Waals surface area (Å²) in [5.41, 5.74) is 4.65. The van der Waals surface area contributed by atoms with E-state index in [4.69, 9.17) is 4.74 Å². The molecule has 1 aromatic rings. The summed E-state index contributed by atoms with van der Waals surface area (Å²) in [5, 5.41) is 0. The Morgan fingerprint density at radius 1 is 1.18 bits per heavy atom. The normalized spacial score (nSPS) is 11.4. The van der Waals surface area contributed by atoms with Crippen molar-refractivity contribution in [3.63, 3.8) is 0 Å². The number of ether oxygens (including phenoxy) is 1. The molecule has 0 amide bonds. The third kappa shape index (κ3) is 4.48. The molecule has 1 heteroatoms. The largest absolute Gasteiger partial charge is 0.501 e. The van der Waals surface area contributed by atoms with E-state index in [1.807, 2.05) is 13.2 Å². The Bertz CT molecular complexity index is 384. The van der Waals surface area contributed by atoms with Crippen LogP contribution >= 0.6 is 0 Å². The molecule has 92 valence electrons. The molecule has 0 unspecified atom stereocenters. The van der Waals surface area contributed by atoms with Gasteiger partial charge in [-0.15, -0.1) is 0 Å². The van der Waals surface area contributed by atoms with Crippen molar-refractivity contribution in [1.29, 1.82) is 0 Å². The summed E-state index contributed by atoms with van der Waals surface area (Å²) in [6.45, 7) is 11.0. The van der Waals surface area contributed by atoms with Crippen molar-refractivity contribution in [3.05, 3.63) is 48.2 Å². The third-order valence-electron chi connectivity index (χ3n) is 2.71. The Morgan fingerprint density at radius 3 is 2.29 bits per heavy atom. The van der Waals surface area contributed by atoms with E-state index in [1.165, 1.54) is 17.5 Å². The SMILES string of the molecule is C=C(C)c1ccc(/C(C)=C/OCCCC)cc1. The van der Waals surface area contributed by atoms with Gasteiger partial charge in [-0.2, -0.15) is 0 Å². The van der Waals surface area contributed by atoms with Crippen molar-refractivity contribution in [2.24, 2.45) is 0 Å². The zero-order chi connectivity index (χ0) is 12.7. The average Bonchev–Trinajstić information content (AvgIpc) is 2.34. The highest BCUT2D eigenvalue weighted by Crippen LogP contribution is 2.18. The second-order valence-electron chi connectivity index (χ2n) is 4.38. The zero-order valence-corrected chi connectivity index (χ0v) is 11.1. The van der Waals surface area contributed by atoms with E-state index in [0.29, 0.717) is 0 Å². The number of hydrogen-bond acceptors (Lipinski definition) is 1. The maximum absolute atomic E-state index is 5.49. The first-order valence-corrected chi connectivity index (χ1v) is 6.20. The molecule has 0 aliphatic carbocycles. The maximum Gasteiger partial charge on any atom is 0.0873 e. The summed E-state index contributed by atoms with van der Waals surface area (Å²) in [5.74, 6) is 0. The van der Waals surface area contributed by atoms with E-state index < -0.39 is 0 Å². The van der Waals surface area contributed by atoms with Crippen molar-refractivity contribution in [3.8, 4) is 0 Å². The van der Waals surface area contributed by atoms with Crippen molar-refractivity contribution in [2.45, 2.75) is 33.6 Å². The Balaban J connectivity index is 2.62. The molecule has 0 radical (unpaired) electrons. The van der Waals surface area contributed by atoms with Crippen molar-refractivity contribution >= 4 is 11.1 Å². The molecule has 17 heavy (non-hydrogen) atoms. The molecule has 0 saturated heterocycles. The zero-order valence-electron chi connectivity index (χ0n) is 11.1. The molecule has 0 spiro atoms. The van der Waals surface area contributed by atoms with Crippen molar-refractivity contribution < 1.29 is 4.74 Å². The minimum absolute atomic E-state index is 0.803. The van der Waals surface area contributed by atoms with Crippen LogP contribution in [0.4, 0.5) is 0 Å². The van der Waals surface area contributed by atoms with Crippen LogP contribution in [0.3, 0.4) is 0 Å². The van der Waals surface area contributed by atoms with Gasteiger partial charge >= 0.3 is 0 Å². The fourth-order valence-electron chi connectivity index (χ4n) is 1.50. The second kappa shape index (κ2) is 6.95. The third-order valence-corrected chi connectivity index (χ3v) is 2.71. The van der Waals surface area contributed by atoms with Gasteiger partial charge < -0.3 is 4.74 Å². The van der Waals surface area contributed by atoms with Crippen LogP contribution in [0.25, 0.3) is 11.1 Å². The molecule has 0 fully saturated rings. The van der Waals surface area contributed by atoms with Crippen LogP contribution in [0, 0.1) is 0 Å². The maximum atomic E-state index is 5.49. The quantitative estimate of drug-likeness (QED) is 0.499. The van der Waals surface area contributed by atoms with Gasteiger partial charge in [0.05, 0.1) is 12.9 Å². The predicted molar refractivity (Wildman–Crippen MR) is 75.7 cm³/mol. The van der Waals surface area contributed by atoms with E-state index in [0.717, 1.165) is 24.2 Å². The Kier molecular flexibility index (Phi) is 5.55. The summed E-state index contributed by atoms with van der Waals surface area (Å²) in [4.78, 5) is 0. The molecule has 0 bridgehead atoms. The summed E-state index contributed by atoms with van der Waals surface area (Å²) in [6, 6.07) is 8.42. The lowest BCUT2D eigenvalue weighted by Crippen LogP contribution is -1.88. The molecular formula is C16H22O. The topological polar surface area (TPSA) is 9.23 Å². The Hall–Kier alpha value is -1.50. The fourth-order valence-corrected chi connectivity index (χ4v) is 1.50. The standard InChI is InChI=1S/C16H22O/c1-5-6-11-17-12-14(4)16-9-7-15(8-10-16)13(2)3/h7-10,12H,2,5-6,11H2,1,3-4H3/b14-12+. The van der Waals surface area contributed by atoms with Crippen LogP contribution in [0.15, 0.2) is 37.1 Å². The summed E-state index contributed by atoms with van der Waals surface area (Å²) >= 11 is 0. The number of hydrogen-bond donors (Lipinski definition) is 0. The van der Waals surface area contributed by atoms with E-state index in [-0.39, 0.29) is 0 Å². The minimum Gasteiger partial charge on any atom is -0.501 e. The van der Waals surface area contributed by atoms with E-state index in [2.05, 4.69) is 44.7 Å². The van der Waals surface area contributed by atoms with Gasteiger partial charge in [0, 0.05) is 0 Å². The van der Waals surface area contributed by atoms with Gasteiger partial charge in [0.1, 0.15) is 0 Å². The molecule has 0 aliphatic rings. The summed E-state index contributed by atoms with van der Waals surface area (Å²) in [6.07, 6.45) is 4.13. The smallest absolute Gasteiger partial charge is 0.0873 e. The molecule has 0 aliphatic heterocycles. The first kappa shape index (κ1) is 13.6. The first-order chi connectivity index (χ1) is 8.15. The van der Waals surface area contributed by atoms with Gasteiger partial charge in [-0.1, -0.05) is 49.8 Å². The van der Waals surface area contributed by atoms with Gasteiger partial charge in [0.15, 0.2) is 0 Å². The number of benzene rings is 1. The number of unbranched alkanes of at least 4 members (excludes halogenated alkanes) is 1. The molecule has 1 nitrogen and oxygen atoms in total. The Morgan fingerprint density at radius 2 is 1.76 bits per heavy atom. The molecule has 0 aromatic heterocycles. The molecule has 1 rings (SSSR count). The van der Waals surface area contributed by atoms with Gasteiger partial charge in [-0.05, 0) is 37.0 Å². The highest BCUT2D eigenvalue weighted by molar-refractivity contribution is 5.67. The molecule has 0 atom stereocenters. The molecule has 0 heterocycles. The van der Waals surface area contributed by atoms with Gasteiger partial charge in [0.25, 0.3) is 0 Å². The summed E-state index contributed by atoms with van der Waals surface area (Å²) in [7, 11) is 0. The van der Waals surface area contributed by atoms with E-state index >= 15 is 0 Å². The molecule has 0 saturated carbocycles. The first-order valence-electron chi connectivity index (χ1n) is 6.20. The molecule has 0 N–H and O–H groups in total. The molecule has 1 aromatic carbocycles. The average molecular weight is 230 g/mol. The van der Waals surface area contributed by atoms with Crippen LogP contribution in [0.5, 0.6) is 0 Å².